The fraction of sp³-hybridized carbons (Fsp3) is 0.231. The summed E-state index contributed by atoms with van der Waals surface area (Å²) in [6.45, 7) is 0.767. The Kier molecular flexibility index (Phi) is 3.66. The molecule has 0 unspecified atom stereocenters. The molecule has 2 rings (SSSR count). The zero-order valence-electron chi connectivity index (χ0n) is 9.76. The predicted molar refractivity (Wildman–Crippen MR) is 74.5 cm³/mol. The number of anilines is 2. The minimum Gasteiger partial charge on any atom is -0.398 e. The van der Waals surface area contributed by atoms with Crippen LogP contribution in [0.3, 0.4) is 0 Å². The molecule has 3 N–H and O–H groups in total. The van der Waals surface area contributed by atoms with Crippen LogP contribution in [0.5, 0.6) is 0 Å². The summed E-state index contributed by atoms with van der Waals surface area (Å²) in [7, 11) is 1.96. The van der Waals surface area contributed by atoms with Crippen LogP contribution < -0.4 is 10.6 Å². The molecule has 0 atom stereocenters. The molecule has 1 heterocycles. The highest BCUT2D eigenvalue weighted by Crippen LogP contribution is 2.32. The molecular formula is C13H16N2OS. The van der Waals surface area contributed by atoms with Crippen molar-refractivity contribution in [1.29, 1.82) is 0 Å². The molecule has 0 saturated carbocycles. The summed E-state index contributed by atoms with van der Waals surface area (Å²) in [5.41, 5.74) is 8.90. The van der Waals surface area contributed by atoms with Crippen molar-refractivity contribution in [2.45, 2.75) is 0 Å². The van der Waals surface area contributed by atoms with E-state index in [4.69, 9.17) is 10.8 Å². The van der Waals surface area contributed by atoms with Crippen LogP contribution >= 0.6 is 11.3 Å². The largest absolute Gasteiger partial charge is 0.398 e. The number of benzene rings is 1. The highest BCUT2D eigenvalue weighted by Gasteiger charge is 2.07. The number of aliphatic hydroxyl groups is 1. The number of nitrogen functional groups attached to an aromatic ring is 1. The average Bonchev–Trinajstić information content (AvgIpc) is 2.83. The van der Waals surface area contributed by atoms with E-state index < -0.39 is 0 Å². The first-order valence-corrected chi connectivity index (χ1v) is 6.35. The van der Waals surface area contributed by atoms with Crippen LogP contribution in [0, 0.1) is 0 Å². The number of likely N-dealkylation sites (N-methyl/N-ethyl adjacent to an activating group) is 1. The van der Waals surface area contributed by atoms with Crippen molar-refractivity contribution >= 4 is 22.7 Å². The fourth-order valence-electron chi connectivity index (χ4n) is 1.71. The van der Waals surface area contributed by atoms with Gasteiger partial charge in [-0.15, -0.1) is 11.3 Å². The third-order valence-corrected chi connectivity index (χ3v) is 3.60. The van der Waals surface area contributed by atoms with Crippen LogP contribution in [0.4, 0.5) is 11.4 Å². The topological polar surface area (TPSA) is 49.5 Å². The van der Waals surface area contributed by atoms with Crippen molar-refractivity contribution < 1.29 is 5.11 Å². The number of nitrogens with two attached hydrogens (primary N) is 1. The zero-order valence-corrected chi connectivity index (χ0v) is 10.6. The molecule has 1 aromatic heterocycles. The molecule has 0 fully saturated rings. The summed E-state index contributed by atoms with van der Waals surface area (Å²) >= 11 is 1.68. The fourth-order valence-corrected chi connectivity index (χ4v) is 2.47. The molecule has 0 aliphatic rings. The van der Waals surface area contributed by atoms with Crippen LogP contribution in [0.25, 0.3) is 10.4 Å². The molecule has 0 amide bonds. The number of rotatable bonds is 4. The standard InChI is InChI=1S/C13H16N2OS/c1-15(6-7-16)10-4-5-12(14)11(9-10)13-3-2-8-17-13/h2-5,8-9,16H,6-7,14H2,1H3. The maximum absolute atomic E-state index is 8.94. The van der Waals surface area contributed by atoms with Gasteiger partial charge < -0.3 is 15.7 Å². The summed E-state index contributed by atoms with van der Waals surface area (Å²) in [4.78, 5) is 3.18. The van der Waals surface area contributed by atoms with Crippen molar-refractivity contribution in [2.24, 2.45) is 0 Å². The van der Waals surface area contributed by atoms with Gasteiger partial charge in [0.25, 0.3) is 0 Å². The van der Waals surface area contributed by atoms with Gasteiger partial charge in [-0.3, -0.25) is 0 Å². The summed E-state index contributed by atoms with van der Waals surface area (Å²) in [6.07, 6.45) is 0. The van der Waals surface area contributed by atoms with Crippen LogP contribution in [0.15, 0.2) is 35.7 Å². The average molecular weight is 248 g/mol. The molecule has 90 valence electrons. The number of hydrogen-bond donors (Lipinski definition) is 2. The van der Waals surface area contributed by atoms with Crippen LogP contribution in [-0.2, 0) is 0 Å². The van der Waals surface area contributed by atoms with Gasteiger partial charge in [0, 0.05) is 35.4 Å². The molecule has 17 heavy (non-hydrogen) atoms. The van der Waals surface area contributed by atoms with Crippen molar-refractivity contribution in [2.75, 3.05) is 30.8 Å². The highest BCUT2D eigenvalue weighted by atomic mass is 32.1. The van der Waals surface area contributed by atoms with E-state index in [1.54, 1.807) is 11.3 Å². The Morgan fingerprint density at radius 1 is 1.35 bits per heavy atom. The monoisotopic (exact) mass is 248 g/mol. The molecule has 2 aromatic rings. The summed E-state index contributed by atoms with van der Waals surface area (Å²) < 4.78 is 0. The first kappa shape index (κ1) is 12.0. The van der Waals surface area contributed by atoms with Gasteiger partial charge in [-0.05, 0) is 29.6 Å². The normalized spacial score (nSPS) is 10.5. The van der Waals surface area contributed by atoms with E-state index in [-0.39, 0.29) is 6.61 Å². The van der Waals surface area contributed by atoms with E-state index in [2.05, 4.69) is 12.1 Å². The van der Waals surface area contributed by atoms with Crippen molar-refractivity contribution in [3.8, 4) is 10.4 Å². The lowest BCUT2D eigenvalue weighted by molar-refractivity contribution is 0.304. The van der Waals surface area contributed by atoms with Crippen LogP contribution in [-0.4, -0.2) is 25.3 Å². The smallest absolute Gasteiger partial charge is 0.0606 e. The number of nitrogens with zero attached hydrogens (tertiary/aromatic N) is 1. The molecule has 0 aliphatic heterocycles. The minimum atomic E-state index is 0.148. The molecule has 0 bridgehead atoms. The maximum Gasteiger partial charge on any atom is 0.0606 e. The molecule has 0 radical (unpaired) electrons. The van der Waals surface area contributed by atoms with Gasteiger partial charge in [-0.1, -0.05) is 6.07 Å². The van der Waals surface area contributed by atoms with Gasteiger partial charge in [-0.25, -0.2) is 0 Å². The van der Waals surface area contributed by atoms with Gasteiger partial charge in [0.1, 0.15) is 0 Å². The lowest BCUT2D eigenvalue weighted by Gasteiger charge is -2.19. The minimum absolute atomic E-state index is 0.148. The second-order valence-electron chi connectivity index (χ2n) is 3.89. The SMILES string of the molecule is CN(CCO)c1ccc(N)c(-c2cccs2)c1. The molecule has 1 aromatic carbocycles. The lowest BCUT2D eigenvalue weighted by Crippen LogP contribution is -2.21. The lowest BCUT2D eigenvalue weighted by atomic mass is 10.1. The number of aliphatic hydroxyl groups excluding tert-OH is 1. The van der Waals surface area contributed by atoms with E-state index in [1.807, 2.05) is 35.5 Å². The number of thiophene rings is 1. The van der Waals surface area contributed by atoms with Crippen molar-refractivity contribution in [1.82, 2.24) is 0 Å². The molecule has 0 aliphatic carbocycles. The van der Waals surface area contributed by atoms with Gasteiger partial charge in [-0.2, -0.15) is 0 Å². The Bertz CT molecular complexity index is 482. The molecule has 3 nitrogen and oxygen atoms in total. The third kappa shape index (κ3) is 2.60. The molecule has 0 saturated heterocycles. The Morgan fingerprint density at radius 2 is 2.18 bits per heavy atom. The number of hydrogen-bond acceptors (Lipinski definition) is 4. The maximum atomic E-state index is 8.94. The van der Waals surface area contributed by atoms with E-state index in [1.165, 1.54) is 4.88 Å². The van der Waals surface area contributed by atoms with Gasteiger partial charge in [0.05, 0.1) is 6.61 Å². The van der Waals surface area contributed by atoms with Gasteiger partial charge in [0.2, 0.25) is 0 Å². The summed E-state index contributed by atoms with van der Waals surface area (Å²) in [5, 5.41) is 11.0. The molecule has 0 spiro atoms. The molecule has 4 heteroatoms. The second kappa shape index (κ2) is 5.21. The van der Waals surface area contributed by atoms with Crippen molar-refractivity contribution in [3.05, 3.63) is 35.7 Å². The first-order valence-electron chi connectivity index (χ1n) is 5.48. The Labute approximate surface area is 105 Å². The zero-order chi connectivity index (χ0) is 12.3. The van der Waals surface area contributed by atoms with E-state index in [0.29, 0.717) is 6.54 Å². The Morgan fingerprint density at radius 3 is 2.82 bits per heavy atom. The summed E-state index contributed by atoms with van der Waals surface area (Å²) in [6, 6.07) is 10.0. The first-order chi connectivity index (χ1) is 8.22. The van der Waals surface area contributed by atoms with E-state index in [0.717, 1.165) is 16.9 Å². The van der Waals surface area contributed by atoms with Crippen LogP contribution in [0.2, 0.25) is 0 Å². The van der Waals surface area contributed by atoms with E-state index >= 15 is 0 Å². The second-order valence-corrected chi connectivity index (χ2v) is 4.84. The predicted octanol–water partition coefficient (Wildman–Crippen LogP) is 2.43. The quantitative estimate of drug-likeness (QED) is 0.817. The molecular weight excluding hydrogens is 232 g/mol. The Balaban J connectivity index is 2.36. The Hall–Kier alpha value is -1.52. The highest BCUT2D eigenvalue weighted by molar-refractivity contribution is 7.13. The van der Waals surface area contributed by atoms with Gasteiger partial charge >= 0.3 is 0 Å². The van der Waals surface area contributed by atoms with Crippen LogP contribution in [0.1, 0.15) is 0 Å². The van der Waals surface area contributed by atoms with Crippen molar-refractivity contribution in [3.63, 3.8) is 0 Å². The summed E-state index contributed by atoms with van der Waals surface area (Å²) in [5.74, 6) is 0. The van der Waals surface area contributed by atoms with Gasteiger partial charge in [0.15, 0.2) is 0 Å². The third-order valence-electron chi connectivity index (χ3n) is 2.70. The van der Waals surface area contributed by atoms with E-state index in [9.17, 15) is 0 Å².